The predicted molar refractivity (Wildman–Crippen MR) is 80.9 cm³/mol. The molecule has 3 rings (SSSR count). The molecule has 0 bridgehead atoms. The number of benzene rings is 1. The zero-order chi connectivity index (χ0) is 13.8. The highest BCUT2D eigenvalue weighted by Gasteiger charge is 2.34. The minimum Gasteiger partial charge on any atom is -0.447 e. The van der Waals surface area contributed by atoms with Crippen molar-refractivity contribution in [3.8, 4) is 0 Å². The number of carbonyl (C=O) groups excluding carboxylic acids is 1. The molecule has 0 radical (unpaired) electrons. The van der Waals surface area contributed by atoms with Crippen LogP contribution in [0.5, 0.6) is 0 Å². The van der Waals surface area contributed by atoms with Gasteiger partial charge in [-0.25, -0.2) is 4.79 Å². The number of ether oxygens (including phenoxy) is 1. The van der Waals surface area contributed by atoms with Crippen molar-refractivity contribution >= 4 is 17.9 Å². The molecule has 5 heteroatoms. The molecule has 2 heterocycles. The number of nitrogens with zero attached hydrogens (tertiary/aromatic N) is 2. The minimum absolute atomic E-state index is 0.176. The van der Waals surface area contributed by atoms with Crippen LogP contribution in [0.3, 0.4) is 0 Å². The number of cyclic esters (lactones) is 1. The Morgan fingerprint density at radius 1 is 1.20 bits per heavy atom. The van der Waals surface area contributed by atoms with E-state index in [0.29, 0.717) is 13.2 Å². The fourth-order valence-corrected chi connectivity index (χ4v) is 3.67. The van der Waals surface area contributed by atoms with Gasteiger partial charge in [-0.05, 0) is 5.56 Å². The molecule has 1 amide bonds. The lowest BCUT2D eigenvalue weighted by Gasteiger charge is -2.31. The summed E-state index contributed by atoms with van der Waals surface area (Å²) in [6.07, 6.45) is -0.176. The topological polar surface area (TPSA) is 32.8 Å². The van der Waals surface area contributed by atoms with Gasteiger partial charge in [-0.1, -0.05) is 30.3 Å². The van der Waals surface area contributed by atoms with Crippen molar-refractivity contribution in [3.05, 3.63) is 35.9 Å². The van der Waals surface area contributed by atoms with E-state index in [1.807, 2.05) is 34.9 Å². The smallest absolute Gasteiger partial charge is 0.410 e. The first kappa shape index (κ1) is 13.8. The molecule has 2 fully saturated rings. The minimum atomic E-state index is -0.176. The van der Waals surface area contributed by atoms with Gasteiger partial charge < -0.3 is 4.74 Å². The van der Waals surface area contributed by atoms with Crippen LogP contribution in [0.1, 0.15) is 5.56 Å². The molecule has 20 heavy (non-hydrogen) atoms. The van der Waals surface area contributed by atoms with Gasteiger partial charge in [0.25, 0.3) is 0 Å². The van der Waals surface area contributed by atoms with Crippen LogP contribution < -0.4 is 0 Å². The summed E-state index contributed by atoms with van der Waals surface area (Å²) >= 11 is 2.01. The molecule has 2 saturated heterocycles. The number of rotatable bonds is 4. The molecule has 0 aromatic heterocycles. The zero-order valence-corrected chi connectivity index (χ0v) is 12.3. The van der Waals surface area contributed by atoms with Gasteiger partial charge in [0.15, 0.2) is 0 Å². The molecule has 0 N–H and O–H groups in total. The van der Waals surface area contributed by atoms with Crippen molar-refractivity contribution in [1.82, 2.24) is 9.80 Å². The first-order valence-electron chi connectivity index (χ1n) is 7.10. The summed E-state index contributed by atoms with van der Waals surface area (Å²) in [6.45, 7) is 4.34. The summed E-state index contributed by atoms with van der Waals surface area (Å²) in [7, 11) is 0. The standard InChI is InChI=1S/C15H20N2O2S/c18-15-17(10-13-4-2-1-3-5-13)14(12-19-15)11-16-6-8-20-9-7-16/h1-5,14H,6-12H2/t14-/m1/s1. The van der Waals surface area contributed by atoms with Crippen molar-refractivity contribution in [3.63, 3.8) is 0 Å². The van der Waals surface area contributed by atoms with Crippen molar-refractivity contribution in [2.24, 2.45) is 0 Å². The van der Waals surface area contributed by atoms with Crippen LogP contribution in [-0.4, -0.2) is 59.7 Å². The molecule has 2 aliphatic rings. The Kier molecular flexibility index (Phi) is 4.47. The summed E-state index contributed by atoms with van der Waals surface area (Å²) in [5, 5.41) is 0. The molecule has 0 unspecified atom stereocenters. The second kappa shape index (κ2) is 6.50. The molecular weight excluding hydrogens is 272 g/mol. The van der Waals surface area contributed by atoms with E-state index >= 15 is 0 Å². The number of hydrogen-bond acceptors (Lipinski definition) is 4. The van der Waals surface area contributed by atoms with E-state index in [0.717, 1.165) is 25.2 Å². The van der Waals surface area contributed by atoms with Gasteiger partial charge in [0, 0.05) is 37.7 Å². The molecule has 1 aromatic carbocycles. The fourth-order valence-electron chi connectivity index (χ4n) is 2.70. The molecular formula is C15H20N2O2S. The molecule has 108 valence electrons. The van der Waals surface area contributed by atoms with E-state index < -0.39 is 0 Å². The number of carbonyl (C=O) groups is 1. The Labute approximate surface area is 124 Å². The molecule has 1 atom stereocenters. The quantitative estimate of drug-likeness (QED) is 0.850. The third-order valence-corrected chi connectivity index (χ3v) is 4.79. The predicted octanol–water partition coefficient (Wildman–Crippen LogP) is 2.06. The average molecular weight is 292 g/mol. The van der Waals surface area contributed by atoms with Crippen molar-refractivity contribution in [2.75, 3.05) is 37.7 Å². The lowest BCUT2D eigenvalue weighted by atomic mass is 10.2. The summed E-state index contributed by atoms with van der Waals surface area (Å²) in [6, 6.07) is 10.3. The second-order valence-corrected chi connectivity index (χ2v) is 6.48. The van der Waals surface area contributed by atoms with E-state index in [1.165, 1.54) is 11.5 Å². The molecule has 0 spiro atoms. The van der Waals surface area contributed by atoms with E-state index in [2.05, 4.69) is 17.0 Å². The van der Waals surface area contributed by atoms with Crippen molar-refractivity contribution < 1.29 is 9.53 Å². The van der Waals surface area contributed by atoms with Crippen molar-refractivity contribution in [1.29, 1.82) is 0 Å². The average Bonchev–Trinajstić information content (AvgIpc) is 2.83. The Morgan fingerprint density at radius 3 is 2.70 bits per heavy atom. The highest BCUT2D eigenvalue weighted by molar-refractivity contribution is 7.99. The normalized spacial score (nSPS) is 23.9. The highest BCUT2D eigenvalue weighted by Crippen LogP contribution is 2.19. The van der Waals surface area contributed by atoms with Crippen LogP contribution in [0.4, 0.5) is 4.79 Å². The van der Waals surface area contributed by atoms with Gasteiger partial charge in [0.1, 0.15) is 6.61 Å². The van der Waals surface area contributed by atoms with E-state index in [1.54, 1.807) is 0 Å². The fraction of sp³-hybridized carbons (Fsp3) is 0.533. The maximum Gasteiger partial charge on any atom is 0.410 e. The SMILES string of the molecule is O=C1OC[C@@H](CN2CCSCC2)N1Cc1ccccc1. The van der Waals surface area contributed by atoms with Gasteiger partial charge in [0.05, 0.1) is 6.04 Å². The van der Waals surface area contributed by atoms with Gasteiger partial charge in [-0.2, -0.15) is 11.8 Å². The van der Waals surface area contributed by atoms with Gasteiger partial charge in [-0.15, -0.1) is 0 Å². The van der Waals surface area contributed by atoms with Crippen LogP contribution >= 0.6 is 11.8 Å². The van der Waals surface area contributed by atoms with Crippen LogP contribution in [-0.2, 0) is 11.3 Å². The van der Waals surface area contributed by atoms with Crippen LogP contribution in [0.25, 0.3) is 0 Å². The Morgan fingerprint density at radius 2 is 1.95 bits per heavy atom. The van der Waals surface area contributed by atoms with Crippen LogP contribution in [0.15, 0.2) is 30.3 Å². The lowest BCUT2D eigenvalue weighted by molar-refractivity contribution is 0.154. The van der Waals surface area contributed by atoms with Gasteiger partial charge in [-0.3, -0.25) is 9.80 Å². The third-order valence-electron chi connectivity index (χ3n) is 3.84. The summed E-state index contributed by atoms with van der Waals surface area (Å²) in [5.41, 5.74) is 1.16. The van der Waals surface area contributed by atoms with E-state index in [-0.39, 0.29) is 12.1 Å². The highest BCUT2D eigenvalue weighted by atomic mass is 32.2. The van der Waals surface area contributed by atoms with E-state index in [9.17, 15) is 4.79 Å². The zero-order valence-electron chi connectivity index (χ0n) is 11.5. The Bertz CT molecular complexity index is 448. The molecule has 2 aliphatic heterocycles. The van der Waals surface area contributed by atoms with Gasteiger partial charge in [0.2, 0.25) is 0 Å². The first-order chi connectivity index (χ1) is 9.83. The Hall–Kier alpha value is -1.20. The van der Waals surface area contributed by atoms with Crippen LogP contribution in [0.2, 0.25) is 0 Å². The number of hydrogen-bond donors (Lipinski definition) is 0. The second-order valence-electron chi connectivity index (χ2n) is 5.26. The third kappa shape index (κ3) is 3.27. The number of amides is 1. The molecule has 0 aliphatic carbocycles. The molecule has 4 nitrogen and oxygen atoms in total. The van der Waals surface area contributed by atoms with Crippen molar-refractivity contribution in [2.45, 2.75) is 12.6 Å². The van der Waals surface area contributed by atoms with E-state index in [4.69, 9.17) is 4.74 Å². The van der Waals surface area contributed by atoms with Gasteiger partial charge >= 0.3 is 6.09 Å². The molecule has 0 saturated carbocycles. The monoisotopic (exact) mass is 292 g/mol. The Balaban J connectivity index is 1.62. The summed E-state index contributed by atoms with van der Waals surface area (Å²) in [5.74, 6) is 2.39. The number of thioether (sulfide) groups is 1. The summed E-state index contributed by atoms with van der Waals surface area (Å²) < 4.78 is 5.25. The lowest BCUT2D eigenvalue weighted by Crippen LogP contribution is -2.45. The maximum absolute atomic E-state index is 11.9. The maximum atomic E-state index is 11.9. The molecule has 1 aromatic rings. The first-order valence-corrected chi connectivity index (χ1v) is 8.26. The van der Waals surface area contributed by atoms with Crippen LogP contribution in [0, 0.1) is 0 Å². The summed E-state index contributed by atoms with van der Waals surface area (Å²) in [4.78, 5) is 16.2. The largest absolute Gasteiger partial charge is 0.447 e.